The van der Waals surface area contributed by atoms with Crippen LogP contribution in [0.3, 0.4) is 0 Å². The molecule has 1 heterocycles. The summed E-state index contributed by atoms with van der Waals surface area (Å²) in [6.07, 6.45) is 0.932. The maximum absolute atomic E-state index is 8.07. The Morgan fingerprint density at radius 2 is 1.36 bits per heavy atom. The van der Waals surface area contributed by atoms with Crippen LogP contribution in [-0.4, -0.2) is 0 Å². The highest BCUT2D eigenvalue weighted by atomic mass is 14.9. The van der Waals surface area contributed by atoms with E-state index in [4.69, 9.17) is 1.41 Å². The molecule has 3 rings (SSSR count). The first-order valence-electron chi connectivity index (χ1n) is 5.26. The number of rotatable bonds is 0. The van der Waals surface area contributed by atoms with Crippen LogP contribution in [0.2, 0.25) is 1.41 Å². The van der Waals surface area contributed by atoms with Gasteiger partial charge in [-0.3, -0.25) is 0 Å². The maximum Gasteiger partial charge on any atom is 0.167 e. The standard InChI is InChI=1S/C13H11N/c1-3-7-12-10(5-1)9-11-6-2-4-8-13(11)14-12/h1-8,14H,9H2/i/hD. The lowest BCUT2D eigenvalue weighted by molar-refractivity contribution is 1.16. The van der Waals surface area contributed by atoms with Gasteiger partial charge in [0.25, 0.3) is 0 Å². The number of fused-ring (bicyclic) bond motifs is 2. The van der Waals surface area contributed by atoms with Crippen molar-refractivity contribution >= 4 is 11.4 Å². The molecule has 1 nitrogen and oxygen atoms in total. The van der Waals surface area contributed by atoms with Crippen LogP contribution in [0.1, 0.15) is 11.1 Å². The molecule has 0 atom stereocenters. The highest BCUT2D eigenvalue weighted by molar-refractivity contribution is 5.71. The van der Waals surface area contributed by atoms with Crippen LogP contribution in [-0.2, 0) is 6.42 Å². The van der Waals surface area contributed by atoms with Gasteiger partial charge in [-0.2, -0.15) is 0 Å². The fourth-order valence-electron chi connectivity index (χ4n) is 1.87. The van der Waals surface area contributed by atoms with Gasteiger partial charge in [0.2, 0.25) is 0 Å². The van der Waals surface area contributed by atoms with E-state index in [1.54, 1.807) is 0 Å². The van der Waals surface area contributed by atoms with Crippen molar-refractivity contribution < 1.29 is 1.41 Å². The van der Waals surface area contributed by atoms with Crippen LogP contribution in [0.4, 0.5) is 11.4 Å². The third-order valence-electron chi connectivity index (χ3n) is 2.61. The molecular weight excluding hydrogens is 170 g/mol. The average Bonchev–Trinajstić information content (AvgIpc) is 2.30. The molecule has 0 amide bonds. The van der Waals surface area contributed by atoms with E-state index >= 15 is 0 Å². The smallest absolute Gasteiger partial charge is 0.167 e. The molecule has 14 heavy (non-hydrogen) atoms. The van der Waals surface area contributed by atoms with Gasteiger partial charge in [0.1, 0.15) is 0 Å². The molecule has 1 aliphatic heterocycles. The quantitative estimate of drug-likeness (QED) is 0.659. The van der Waals surface area contributed by atoms with Crippen molar-refractivity contribution in [2.45, 2.75) is 6.42 Å². The highest BCUT2D eigenvalue weighted by Gasteiger charge is 2.12. The molecule has 1 aliphatic rings. The number of para-hydroxylation sites is 2. The molecule has 0 spiro atoms. The average molecular weight is 182 g/mol. The molecule has 0 saturated heterocycles. The molecule has 0 saturated carbocycles. The summed E-state index contributed by atoms with van der Waals surface area (Å²) in [5, 5.41) is 1.52. The van der Waals surface area contributed by atoms with Gasteiger partial charge in [-0.05, 0) is 23.3 Å². The second kappa shape index (κ2) is 2.88. The largest absolute Gasteiger partial charge is 0.355 e. The van der Waals surface area contributed by atoms with Crippen molar-refractivity contribution in [2.24, 2.45) is 0 Å². The van der Waals surface area contributed by atoms with Gasteiger partial charge in [0.05, 0.1) is 0 Å². The summed E-state index contributed by atoms with van der Waals surface area (Å²) < 4.78 is 8.07. The normalized spacial score (nSPS) is 14.3. The lowest BCUT2D eigenvalue weighted by Crippen LogP contribution is -2.05. The molecule has 0 aromatic heterocycles. The Labute approximate surface area is 84.9 Å². The number of hydrogen-bond donors (Lipinski definition) is 1. The summed E-state index contributed by atoms with van der Waals surface area (Å²) in [4.78, 5) is 0. The predicted molar refractivity (Wildman–Crippen MR) is 59.0 cm³/mol. The van der Waals surface area contributed by atoms with Crippen LogP contribution < -0.4 is 5.31 Å². The van der Waals surface area contributed by atoms with Crippen molar-refractivity contribution in [3.8, 4) is 0 Å². The molecule has 0 radical (unpaired) electrons. The van der Waals surface area contributed by atoms with E-state index in [1.165, 1.54) is 16.4 Å². The maximum atomic E-state index is 8.07. The Bertz CT molecular complexity index is 462. The zero-order chi connectivity index (χ0) is 10.3. The van der Waals surface area contributed by atoms with E-state index in [-0.39, 0.29) is 0 Å². The Morgan fingerprint density at radius 3 is 1.93 bits per heavy atom. The highest BCUT2D eigenvalue weighted by Crippen LogP contribution is 2.31. The lowest BCUT2D eigenvalue weighted by Gasteiger charge is -2.20. The number of hydrogen-bond acceptors (Lipinski definition) is 1. The first kappa shape index (κ1) is 6.66. The first-order chi connectivity index (χ1) is 7.36. The molecule has 0 fully saturated rings. The van der Waals surface area contributed by atoms with E-state index in [0.29, 0.717) is 0 Å². The van der Waals surface area contributed by atoms with Gasteiger partial charge >= 0.3 is 0 Å². The van der Waals surface area contributed by atoms with E-state index in [0.717, 1.165) is 17.8 Å². The zero-order valence-electron chi connectivity index (χ0n) is 8.77. The predicted octanol–water partition coefficient (Wildman–Crippen LogP) is 3.33. The van der Waals surface area contributed by atoms with E-state index in [2.05, 4.69) is 12.1 Å². The van der Waals surface area contributed by atoms with E-state index in [9.17, 15) is 0 Å². The Hall–Kier alpha value is -1.76. The van der Waals surface area contributed by atoms with Gasteiger partial charge in [-0.1, -0.05) is 36.4 Å². The van der Waals surface area contributed by atoms with Crippen LogP contribution >= 0.6 is 0 Å². The summed E-state index contributed by atoms with van der Waals surface area (Å²) >= 11 is 0. The van der Waals surface area contributed by atoms with Gasteiger partial charge < -0.3 is 5.31 Å². The molecule has 1 N–H and O–H groups in total. The topological polar surface area (TPSA) is 12.0 Å². The third-order valence-corrected chi connectivity index (χ3v) is 2.61. The SMILES string of the molecule is [2H]N1c2ccccc2Cc2ccccc21. The molecule has 2 aromatic rings. The van der Waals surface area contributed by atoms with Crippen LogP contribution in [0.25, 0.3) is 0 Å². The zero-order valence-corrected chi connectivity index (χ0v) is 7.77. The minimum atomic E-state index is 0.932. The lowest BCUT2D eigenvalue weighted by atomic mass is 9.98. The van der Waals surface area contributed by atoms with Crippen LogP contribution in [0, 0.1) is 0 Å². The Balaban J connectivity index is 2.20. The van der Waals surface area contributed by atoms with Crippen molar-refractivity contribution in [1.29, 1.82) is 0 Å². The molecule has 1 heteroatoms. The van der Waals surface area contributed by atoms with Gasteiger partial charge in [0.15, 0.2) is 1.41 Å². The van der Waals surface area contributed by atoms with E-state index in [1.807, 2.05) is 36.4 Å². The molecular formula is C13H11N. The molecule has 68 valence electrons. The number of benzene rings is 2. The van der Waals surface area contributed by atoms with Crippen molar-refractivity contribution in [1.82, 2.24) is 0 Å². The number of anilines is 2. The summed E-state index contributed by atoms with van der Waals surface area (Å²) in [7, 11) is 0. The summed E-state index contributed by atoms with van der Waals surface area (Å²) in [5.41, 5.74) is 4.45. The van der Waals surface area contributed by atoms with Crippen molar-refractivity contribution in [3.63, 3.8) is 0 Å². The Morgan fingerprint density at radius 1 is 0.857 bits per heavy atom. The first-order valence-corrected chi connectivity index (χ1v) is 4.81. The molecule has 0 unspecified atom stereocenters. The van der Waals surface area contributed by atoms with Crippen molar-refractivity contribution in [2.75, 3.05) is 5.31 Å². The fraction of sp³-hybridized carbons (Fsp3) is 0.0769. The minimum Gasteiger partial charge on any atom is -0.355 e. The summed E-state index contributed by atoms with van der Waals surface area (Å²) in [6, 6.07) is 16.2. The monoisotopic (exact) mass is 182 g/mol. The van der Waals surface area contributed by atoms with Crippen LogP contribution in [0.5, 0.6) is 0 Å². The van der Waals surface area contributed by atoms with Gasteiger partial charge in [0, 0.05) is 17.8 Å². The van der Waals surface area contributed by atoms with E-state index < -0.39 is 0 Å². The van der Waals surface area contributed by atoms with Gasteiger partial charge in [-0.15, -0.1) is 0 Å². The third kappa shape index (κ3) is 1.10. The fourth-order valence-corrected chi connectivity index (χ4v) is 1.87. The summed E-state index contributed by atoms with van der Waals surface area (Å²) in [5.74, 6) is 0. The van der Waals surface area contributed by atoms with Crippen molar-refractivity contribution in [3.05, 3.63) is 59.7 Å². The molecule has 2 aromatic carbocycles. The number of nitrogens with one attached hydrogen (secondary N) is 1. The van der Waals surface area contributed by atoms with Crippen LogP contribution in [0.15, 0.2) is 48.5 Å². The second-order valence-corrected chi connectivity index (χ2v) is 3.55. The second-order valence-electron chi connectivity index (χ2n) is 3.55. The Kier molecular flexibility index (Phi) is 1.37. The van der Waals surface area contributed by atoms with Gasteiger partial charge in [-0.25, -0.2) is 0 Å². The summed E-state index contributed by atoms with van der Waals surface area (Å²) in [6.45, 7) is 0. The molecule has 0 bridgehead atoms. The molecule has 0 aliphatic carbocycles. The minimum absolute atomic E-state index is 0.932.